The van der Waals surface area contributed by atoms with Crippen LogP contribution in [0.5, 0.6) is 0 Å². The second-order valence-corrected chi connectivity index (χ2v) is 5.54. The molecule has 2 amide bonds. The molecule has 128 valence electrons. The molecule has 0 atom stereocenters. The van der Waals surface area contributed by atoms with Gasteiger partial charge in [-0.05, 0) is 31.5 Å². The number of benzene rings is 1. The average molecular weight is 340 g/mol. The van der Waals surface area contributed by atoms with Gasteiger partial charge in [-0.2, -0.15) is 0 Å². The molecule has 3 rings (SSSR count). The van der Waals surface area contributed by atoms with Gasteiger partial charge in [0.2, 0.25) is 0 Å². The van der Waals surface area contributed by atoms with Gasteiger partial charge in [0.25, 0.3) is 17.4 Å². The van der Waals surface area contributed by atoms with E-state index in [-0.39, 0.29) is 12.1 Å². The Kier molecular flexibility index (Phi) is 4.34. The van der Waals surface area contributed by atoms with Crippen LogP contribution in [0, 0.1) is 13.8 Å². The van der Waals surface area contributed by atoms with Gasteiger partial charge in [-0.15, -0.1) is 0 Å². The van der Waals surface area contributed by atoms with Crippen molar-refractivity contribution in [3.05, 3.63) is 64.1 Å². The van der Waals surface area contributed by atoms with Gasteiger partial charge in [-0.3, -0.25) is 29.8 Å². The van der Waals surface area contributed by atoms with Crippen LogP contribution in [-0.4, -0.2) is 21.4 Å². The summed E-state index contributed by atoms with van der Waals surface area (Å²) in [7, 11) is 0. The molecule has 0 bridgehead atoms. The third kappa shape index (κ3) is 3.27. The Labute approximate surface area is 142 Å². The van der Waals surface area contributed by atoms with Gasteiger partial charge in [-0.25, -0.2) is 4.98 Å². The normalized spacial score (nSPS) is 10.6. The number of aryl methyl sites for hydroxylation is 2. The van der Waals surface area contributed by atoms with E-state index < -0.39 is 11.8 Å². The molecule has 25 heavy (non-hydrogen) atoms. The standard InChI is InChI=1S/C17H16N4O4/c1-10-4-3-5-13-15(10)18-9-21(17(13)24)8-14(22)19-20-16(23)12-6-7-25-11(12)2/h3-7,9H,8H2,1-2H3,(H,19,22)(H,20,23). The van der Waals surface area contributed by atoms with Gasteiger partial charge in [0.1, 0.15) is 12.3 Å². The highest BCUT2D eigenvalue weighted by Crippen LogP contribution is 2.11. The van der Waals surface area contributed by atoms with E-state index in [9.17, 15) is 14.4 Å². The summed E-state index contributed by atoms with van der Waals surface area (Å²) in [5.41, 5.74) is 6.03. The molecule has 2 N–H and O–H groups in total. The van der Waals surface area contributed by atoms with E-state index in [0.717, 1.165) is 5.56 Å². The molecule has 0 aliphatic carbocycles. The summed E-state index contributed by atoms with van der Waals surface area (Å²) in [4.78, 5) is 40.5. The second kappa shape index (κ2) is 6.60. The summed E-state index contributed by atoms with van der Waals surface area (Å²) < 4.78 is 6.21. The summed E-state index contributed by atoms with van der Waals surface area (Å²) in [5.74, 6) is -0.610. The van der Waals surface area contributed by atoms with Crippen molar-refractivity contribution in [2.24, 2.45) is 0 Å². The Morgan fingerprint density at radius 1 is 1.20 bits per heavy atom. The second-order valence-electron chi connectivity index (χ2n) is 5.54. The minimum absolute atomic E-state index is 0.264. The fraction of sp³-hybridized carbons (Fsp3) is 0.176. The van der Waals surface area contributed by atoms with Gasteiger partial charge in [0.15, 0.2) is 0 Å². The SMILES string of the molecule is Cc1occc1C(=O)NNC(=O)Cn1cnc2c(C)cccc2c1=O. The Morgan fingerprint density at radius 2 is 2.00 bits per heavy atom. The maximum atomic E-state index is 12.4. The highest BCUT2D eigenvalue weighted by atomic mass is 16.3. The lowest BCUT2D eigenvalue weighted by Gasteiger charge is -2.09. The third-order valence-electron chi connectivity index (χ3n) is 3.79. The Hall–Kier alpha value is -3.42. The lowest BCUT2D eigenvalue weighted by Crippen LogP contribution is -2.44. The Bertz CT molecular complexity index is 1020. The minimum atomic E-state index is -0.551. The smallest absolute Gasteiger partial charge is 0.273 e. The monoisotopic (exact) mass is 340 g/mol. The quantitative estimate of drug-likeness (QED) is 0.694. The lowest BCUT2D eigenvalue weighted by atomic mass is 10.1. The van der Waals surface area contributed by atoms with Crippen LogP contribution >= 0.6 is 0 Å². The predicted molar refractivity (Wildman–Crippen MR) is 89.8 cm³/mol. The Balaban J connectivity index is 1.70. The maximum absolute atomic E-state index is 12.4. The van der Waals surface area contributed by atoms with Crippen LogP contribution in [0.1, 0.15) is 21.7 Å². The van der Waals surface area contributed by atoms with Crippen molar-refractivity contribution >= 4 is 22.7 Å². The molecule has 0 saturated heterocycles. The van der Waals surface area contributed by atoms with Crippen LogP contribution < -0.4 is 16.4 Å². The molecule has 8 nitrogen and oxygen atoms in total. The number of nitrogens with zero attached hydrogens (tertiary/aromatic N) is 2. The molecule has 0 aliphatic heterocycles. The highest BCUT2D eigenvalue weighted by Gasteiger charge is 2.13. The molecule has 0 unspecified atom stereocenters. The number of hydrogen-bond donors (Lipinski definition) is 2. The summed E-state index contributed by atoms with van der Waals surface area (Å²) in [6.45, 7) is 3.23. The number of hydrazine groups is 1. The molecule has 2 heterocycles. The molecule has 2 aromatic heterocycles. The van der Waals surface area contributed by atoms with E-state index in [1.807, 2.05) is 13.0 Å². The van der Waals surface area contributed by atoms with Gasteiger partial charge < -0.3 is 4.42 Å². The molecule has 1 aromatic carbocycles. The summed E-state index contributed by atoms with van der Waals surface area (Å²) in [6.07, 6.45) is 2.70. The molecule has 0 saturated carbocycles. The van der Waals surface area contributed by atoms with E-state index in [4.69, 9.17) is 4.42 Å². The van der Waals surface area contributed by atoms with Crippen LogP contribution in [0.3, 0.4) is 0 Å². The van der Waals surface area contributed by atoms with Crippen LogP contribution in [0.15, 0.2) is 46.1 Å². The largest absolute Gasteiger partial charge is 0.469 e. The van der Waals surface area contributed by atoms with Crippen LogP contribution in [0.2, 0.25) is 0 Å². The van der Waals surface area contributed by atoms with Crippen molar-refractivity contribution in [2.75, 3.05) is 0 Å². The van der Waals surface area contributed by atoms with E-state index in [0.29, 0.717) is 22.2 Å². The number of para-hydroxylation sites is 1. The number of fused-ring (bicyclic) bond motifs is 1. The number of hydrogen-bond acceptors (Lipinski definition) is 5. The molecule has 0 spiro atoms. The summed E-state index contributed by atoms with van der Waals surface area (Å²) >= 11 is 0. The van der Waals surface area contributed by atoms with Crippen molar-refractivity contribution < 1.29 is 14.0 Å². The predicted octanol–water partition coefficient (Wildman–Crippen LogP) is 1.07. The van der Waals surface area contributed by atoms with Crippen molar-refractivity contribution in [3.63, 3.8) is 0 Å². The van der Waals surface area contributed by atoms with Crippen molar-refractivity contribution in [1.29, 1.82) is 0 Å². The molecule has 0 fully saturated rings. The zero-order valence-electron chi connectivity index (χ0n) is 13.7. The van der Waals surface area contributed by atoms with Gasteiger partial charge >= 0.3 is 0 Å². The van der Waals surface area contributed by atoms with Gasteiger partial charge in [-0.1, -0.05) is 12.1 Å². The number of aromatic nitrogens is 2. The third-order valence-corrected chi connectivity index (χ3v) is 3.79. The molecular formula is C17H16N4O4. The number of amides is 2. The van der Waals surface area contributed by atoms with Crippen molar-refractivity contribution in [1.82, 2.24) is 20.4 Å². The minimum Gasteiger partial charge on any atom is -0.469 e. The number of carbonyl (C=O) groups excluding carboxylic acids is 2. The fourth-order valence-corrected chi connectivity index (χ4v) is 2.46. The van der Waals surface area contributed by atoms with Crippen molar-refractivity contribution in [2.45, 2.75) is 20.4 Å². The molecule has 3 aromatic rings. The molecule has 8 heteroatoms. The highest BCUT2D eigenvalue weighted by molar-refractivity contribution is 5.96. The number of rotatable bonds is 3. The van der Waals surface area contributed by atoms with Gasteiger partial charge in [0, 0.05) is 0 Å². The summed E-state index contributed by atoms with van der Waals surface area (Å²) in [6, 6.07) is 6.78. The van der Waals surface area contributed by atoms with E-state index in [2.05, 4.69) is 15.8 Å². The average Bonchev–Trinajstić information content (AvgIpc) is 3.02. The lowest BCUT2D eigenvalue weighted by molar-refractivity contribution is -0.122. The van der Waals surface area contributed by atoms with E-state index in [1.54, 1.807) is 19.1 Å². The number of furan rings is 1. The van der Waals surface area contributed by atoms with Crippen LogP contribution in [-0.2, 0) is 11.3 Å². The first-order chi connectivity index (χ1) is 12.0. The van der Waals surface area contributed by atoms with Crippen molar-refractivity contribution in [3.8, 4) is 0 Å². The first kappa shape index (κ1) is 16.4. The zero-order valence-corrected chi connectivity index (χ0v) is 13.7. The first-order valence-corrected chi connectivity index (χ1v) is 7.55. The molecule has 0 radical (unpaired) electrons. The van der Waals surface area contributed by atoms with Crippen LogP contribution in [0.4, 0.5) is 0 Å². The van der Waals surface area contributed by atoms with Gasteiger partial charge in [0.05, 0.1) is 29.1 Å². The topological polar surface area (TPSA) is 106 Å². The Morgan fingerprint density at radius 3 is 2.72 bits per heavy atom. The number of nitrogens with one attached hydrogen (secondary N) is 2. The van der Waals surface area contributed by atoms with E-state index in [1.165, 1.54) is 23.2 Å². The number of carbonyl (C=O) groups is 2. The first-order valence-electron chi connectivity index (χ1n) is 7.55. The fourth-order valence-electron chi connectivity index (χ4n) is 2.46. The zero-order chi connectivity index (χ0) is 18.0. The molecular weight excluding hydrogens is 324 g/mol. The summed E-state index contributed by atoms with van der Waals surface area (Å²) in [5, 5.41) is 0.438. The maximum Gasteiger partial charge on any atom is 0.273 e. The van der Waals surface area contributed by atoms with E-state index >= 15 is 0 Å². The van der Waals surface area contributed by atoms with Crippen LogP contribution in [0.25, 0.3) is 10.9 Å². The molecule has 0 aliphatic rings.